The molecule has 0 N–H and O–H groups in total. The molecule has 3 rings (SSSR count). The Morgan fingerprint density at radius 3 is 2.33 bits per heavy atom. The highest BCUT2D eigenvalue weighted by molar-refractivity contribution is 5.61. The molecule has 0 spiro atoms. The van der Waals surface area contributed by atoms with Crippen LogP contribution in [0.4, 0.5) is 0 Å². The molecule has 0 saturated heterocycles. The molecule has 0 amide bonds. The number of nitrogens with zero attached hydrogens (tertiary/aromatic N) is 2. The van der Waals surface area contributed by atoms with Crippen molar-refractivity contribution in [2.45, 2.75) is 13.0 Å². The Kier molecular flexibility index (Phi) is 4.32. The zero-order chi connectivity index (χ0) is 14.3. The van der Waals surface area contributed by atoms with Gasteiger partial charge in [-0.2, -0.15) is 5.10 Å². The van der Waals surface area contributed by atoms with Crippen molar-refractivity contribution in [2.75, 3.05) is 6.61 Å². The van der Waals surface area contributed by atoms with Gasteiger partial charge in [-0.25, -0.2) is 0 Å². The maximum absolute atomic E-state index is 5.68. The number of ether oxygens (including phenoxy) is 1. The predicted molar refractivity (Wildman–Crippen MR) is 84.2 cm³/mol. The summed E-state index contributed by atoms with van der Waals surface area (Å²) in [4.78, 5) is 0. The standard InChI is InChI=1S/C18H18N2O/c1-3-8-16(9-4-1)17-14-19-20(15-17)12-7-13-21-18-10-5-2-6-11-18/h1-6,8-11,14-15H,7,12-13H2. The molecular weight excluding hydrogens is 260 g/mol. The zero-order valence-electron chi connectivity index (χ0n) is 11.9. The second-order valence-corrected chi connectivity index (χ2v) is 4.87. The molecule has 0 bridgehead atoms. The van der Waals surface area contributed by atoms with Crippen molar-refractivity contribution in [3.05, 3.63) is 73.1 Å². The van der Waals surface area contributed by atoms with E-state index in [4.69, 9.17) is 4.74 Å². The summed E-state index contributed by atoms with van der Waals surface area (Å²) in [6, 6.07) is 20.2. The number of hydrogen-bond acceptors (Lipinski definition) is 2. The predicted octanol–water partition coefficient (Wildman–Crippen LogP) is 4.02. The Hall–Kier alpha value is -2.55. The van der Waals surface area contributed by atoms with Crippen molar-refractivity contribution < 1.29 is 4.74 Å². The van der Waals surface area contributed by atoms with Crippen LogP contribution in [0.2, 0.25) is 0 Å². The van der Waals surface area contributed by atoms with Gasteiger partial charge in [0, 0.05) is 24.7 Å². The minimum Gasteiger partial charge on any atom is -0.494 e. The van der Waals surface area contributed by atoms with Crippen LogP contribution in [0.15, 0.2) is 73.1 Å². The van der Waals surface area contributed by atoms with E-state index >= 15 is 0 Å². The Labute approximate surface area is 124 Å². The molecule has 0 aliphatic rings. The minimum atomic E-state index is 0.699. The molecule has 0 fully saturated rings. The fraction of sp³-hybridized carbons (Fsp3) is 0.167. The van der Waals surface area contributed by atoms with Crippen LogP contribution in [-0.4, -0.2) is 16.4 Å². The smallest absolute Gasteiger partial charge is 0.119 e. The minimum absolute atomic E-state index is 0.699. The molecule has 21 heavy (non-hydrogen) atoms. The van der Waals surface area contributed by atoms with E-state index in [9.17, 15) is 0 Å². The highest BCUT2D eigenvalue weighted by Crippen LogP contribution is 2.17. The van der Waals surface area contributed by atoms with Crippen LogP contribution in [0.25, 0.3) is 11.1 Å². The summed E-state index contributed by atoms with van der Waals surface area (Å²) >= 11 is 0. The van der Waals surface area contributed by atoms with E-state index in [1.807, 2.05) is 59.4 Å². The number of aryl methyl sites for hydroxylation is 1. The molecule has 1 heterocycles. The number of rotatable bonds is 6. The Bertz CT molecular complexity index is 662. The van der Waals surface area contributed by atoms with Crippen molar-refractivity contribution in [3.63, 3.8) is 0 Å². The van der Waals surface area contributed by atoms with Gasteiger partial charge in [-0.05, 0) is 17.7 Å². The van der Waals surface area contributed by atoms with Crippen LogP contribution in [0.3, 0.4) is 0 Å². The second kappa shape index (κ2) is 6.75. The van der Waals surface area contributed by atoms with Gasteiger partial charge in [0.1, 0.15) is 5.75 Å². The summed E-state index contributed by atoms with van der Waals surface area (Å²) < 4.78 is 7.65. The van der Waals surface area contributed by atoms with Gasteiger partial charge in [0.15, 0.2) is 0 Å². The quantitative estimate of drug-likeness (QED) is 0.637. The zero-order valence-corrected chi connectivity index (χ0v) is 11.9. The van der Waals surface area contributed by atoms with Crippen LogP contribution in [0, 0.1) is 0 Å². The average molecular weight is 278 g/mol. The lowest BCUT2D eigenvalue weighted by atomic mass is 10.1. The first kappa shape index (κ1) is 13.4. The Balaban J connectivity index is 1.49. The first-order valence-electron chi connectivity index (χ1n) is 7.17. The Morgan fingerprint density at radius 1 is 0.857 bits per heavy atom. The van der Waals surface area contributed by atoms with Gasteiger partial charge in [-0.1, -0.05) is 48.5 Å². The first-order valence-corrected chi connectivity index (χ1v) is 7.17. The first-order chi connectivity index (χ1) is 10.4. The van der Waals surface area contributed by atoms with Crippen molar-refractivity contribution in [1.29, 1.82) is 0 Å². The monoisotopic (exact) mass is 278 g/mol. The number of para-hydroxylation sites is 1. The molecule has 0 saturated carbocycles. The molecule has 106 valence electrons. The van der Waals surface area contributed by atoms with E-state index in [2.05, 4.69) is 23.4 Å². The lowest BCUT2D eigenvalue weighted by Gasteiger charge is -2.05. The van der Waals surface area contributed by atoms with Crippen molar-refractivity contribution in [3.8, 4) is 16.9 Å². The molecule has 2 aromatic carbocycles. The third-order valence-electron chi connectivity index (χ3n) is 3.28. The second-order valence-electron chi connectivity index (χ2n) is 4.87. The van der Waals surface area contributed by atoms with Gasteiger partial charge >= 0.3 is 0 Å². The lowest BCUT2D eigenvalue weighted by molar-refractivity contribution is 0.298. The average Bonchev–Trinajstić information content (AvgIpc) is 3.02. The third kappa shape index (κ3) is 3.72. The van der Waals surface area contributed by atoms with Crippen molar-refractivity contribution in [2.24, 2.45) is 0 Å². The van der Waals surface area contributed by atoms with Gasteiger partial charge in [-0.3, -0.25) is 4.68 Å². The number of aromatic nitrogens is 2. The van der Waals surface area contributed by atoms with Crippen LogP contribution < -0.4 is 4.74 Å². The molecule has 0 aliphatic carbocycles. The van der Waals surface area contributed by atoms with Gasteiger partial charge in [-0.15, -0.1) is 0 Å². The van der Waals surface area contributed by atoms with Crippen molar-refractivity contribution >= 4 is 0 Å². The largest absolute Gasteiger partial charge is 0.494 e. The van der Waals surface area contributed by atoms with Gasteiger partial charge in [0.2, 0.25) is 0 Å². The van der Waals surface area contributed by atoms with Crippen LogP contribution in [0.1, 0.15) is 6.42 Å². The van der Waals surface area contributed by atoms with E-state index < -0.39 is 0 Å². The molecule has 0 unspecified atom stereocenters. The van der Waals surface area contributed by atoms with Crippen LogP contribution in [0.5, 0.6) is 5.75 Å². The summed E-state index contributed by atoms with van der Waals surface area (Å²) in [5.41, 5.74) is 2.35. The highest BCUT2D eigenvalue weighted by atomic mass is 16.5. The number of hydrogen-bond donors (Lipinski definition) is 0. The van der Waals surface area contributed by atoms with Crippen LogP contribution in [-0.2, 0) is 6.54 Å². The molecule has 3 aromatic rings. The molecule has 0 atom stereocenters. The maximum Gasteiger partial charge on any atom is 0.119 e. The van der Waals surface area contributed by atoms with Crippen molar-refractivity contribution in [1.82, 2.24) is 9.78 Å². The molecule has 3 heteroatoms. The fourth-order valence-corrected chi connectivity index (χ4v) is 2.20. The normalized spacial score (nSPS) is 10.5. The SMILES string of the molecule is c1ccc(OCCCn2cc(-c3ccccc3)cn2)cc1. The highest BCUT2D eigenvalue weighted by Gasteiger charge is 2.01. The summed E-state index contributed by atoms with van der Waals surface area (Å²) in [5.74, 6) is 0.919. The summed E-state index contributed by atoms with van der Waals surface area (Å²) in [6.45, 7) is 1.56. The maximum atomic E-state index is 5.68. The molecule has 0 aliphatic heterocycles. The Morgan fingerprint density at radius 2 is 1.57 bits per heavy atom. The van der Waals surface area contributed by atoms with E-state index in [1.54, 1.807) is 0 Å². The molecule has 0 radical (unpaired) electrons. The van der Waals surface area contributed by atoms with Gasteiger partial charge in [0.25, 0.3) is 0 Å². The van der Waals surface area contributed by atoms with E-state index in [0.717, 1.165) is 24.3 Å². The van der Waals surface area contributed by atoms with E-state index in [-0.39, 0.29) is 0 Å². The molecule has 3 nitrogen and oxygen atoms in total. The molecular formula is C18H18N2O. The van der Waals surface area contributed by atoms with Gasteiger partial charge in [0.05, 0.1) is 12.8 Å². The third-order valence-corrected chi connectivity index (χ3v) is 3.28. The topological polar surface area (TPSA) is 27.1 Å². The lowest BCUT2D eigenvalue weighted by Crippen LogP contribution is -2.04. The van der Waals surface area contributed by atoms with E-state index in [0.29, 0.717) is 6.61 Å². The fourth-order valence-electron chi connectivity index (χ4n) is 2.20. The summed E-state index contributed by atoms with van der Waals surface area (Å²) in [5, 5.41) is 4.40. The summed E-state index contributed by atoms with van der Waals surface area (Å²) in [6.07, 6.45) is 4.93. The van der Waals surface area contributed by atoms with Crippen LogP contribution >= 0.6 is 0 Å². The summed E-state index contributed by atoms with van der Waals surface area (Å²) in [7, 11) is 0. The number of benzene rings is 2. The molecule has 1 aromatic heterocycles. The van der Waals surface area contributed by atoms with E-state index in [1.165, 1.54) is 5.56 Å². The van der Waals surface area contributed by atoms with Gasteiger partial charge < -0.3 is 4.74 Å².